The van der Waals surface area contributed by atoms with Crippen LogP contribution < -0.4 is 0 Å². The fourth-order valence-electron chi connectivity index (χ4n) is 3.58. The predicted octanol–water partition coefficient (Wildman–Crippen LogP) is 5.88. The molecule has 2 aliphatic rings. The lowest BCUT2D eigenvalue weighted by atomic mass is 9.79. The second kappa shape index (κ2) is 6.26. The smallest absolute Gasteiger partial charge is 0.00929 e. The van der Waals surface area contributed by atoms with Gasteiger partial charge in [0.2, 0.25) is 0 Å². The fraction of sp³-hybridized carbons (Fsp3) is 0.400. The molecule has 0 heteroatoms. The van der Waals surface area contributed by atoms with E-state index in [1.807, 2.05) is 0 Å². The highest BCUT2D eigenvalue weighted by molar-refractivity contribution is 5.63. The maximum absolute atomic E-state index is 2.43. The molecular formula is C20H24. The third-order valence-electron chi connectivity index (χ3n) is 4.67. The molecule has 1 aromatic rings. The topological polar surface area (TPSA) is 0 Å². The second-order valence-electron chi connectivity index (χ2n) is 5.99. The highest BCUT2D eigenvalue weighted by atomic mass is 14.3. The standard InChI is InChI=1S/C20H24/c1-2-3-4-12-18(16-9-5-6-10-16)20-15-14-17-11-7-8-13-19(17)20/h5-9,11,13-15,18,20H,2-4,10,12H2,1H3. The first-order chi connectivity index (χ1) is 9.90. The van der Waals surface area contributed by atoms with Crippen LogP contribution in [0.25, 0.3) is 6.08 Å². The molecule has 0 radical (unpaired) electrons. The van der Waals surface area contributed by atoms with E-state index in [1.54, 1.807) is 5.57 Å². The summed E-state index contributed by atoms with van der Waals surface area (Å²) in [4.78, 5) is 0. The molecule has 0 nitrogen and oxygen atoms in total. The molecule has 0 amide bonds. The number of hydrogen-bond donors (Lipinski definition) is 0. The first-order valence-electron chi connectivity index (χ1n) is 8.03. The van der Waals surface area contributed by atoms with Gasteiger partial charge in [-0.15, -0.1) is 0 Å². The Labute approximate surface area is 122 Å². The molecule has 2 aliphatic carbocycles. The van der Waals surface area contributed by atoms with Gasteiger partial charge in [0.25, 0.3) is 0 Å². The number of allylic oxidation sites excluding steroid dienone is 5. The molecule has 0 heterocycles. The van der Waals surface area contributed by atoms with Crippen LogP contribution in [0.1, 0.15) is 56.1 Å². The summed E-state index contributed by atoms with van der Waals surface area (Å²) in [5, 5.41) is 0. The number of rotatable bonds is 6. The van der Waals surface area contributed by atoms with Crippen molar-refractivity contribution in [2.45, 2.75) is 44.9 Å². The van der Waals surface area contributed by atoms with Crippen molar-refractivity contribution in [3.05, 3.63) is 65.3 Å². The molecular weight excluding hydrogens is 240 g/mol. The van der Waals surface area contributed by atoms with E-state index in [2.05, 4.69) is 61.6 Å². The first-order valence-corrected chi connectivity index (χ1v) is 8.03. The summed E-state index contributed by atoms with van der Waals surface area (Å²) in [6, 6.07) is 8.89. The van der Waals surface area contributed by atoms with Gasteiger partial charge in [-0.25, -0.2) is 0 Å². The molecule has 1 aromatic carbocycles. The third-order valence-corrected chi connectivity index (χ3v) is 4.67. The van der Waals surface area contributed by atoms with E-state index in [4.69, 9.17) is 0 Å². The Morgan fingerprint density at radius 3 is 2.90 bits per heavy atom. The minimum atomic E-state index is 0.592. The number of benzene rings is 1. The maximum atomic E-state index is 2.43. The molecule has 2 unspecified atom stereocenters. The van der Waals surface area contributed by atoms with Gasteiger partial charge in [-0.1, -0.05) is 86.4 Å². The van der Waals surface area contributed by atoms with Crippen LogP contribution in [0.15, 0.2) is 54.1 Å². The third kappa shape index (κ3) is 2.65. The molecule has 0 aliphatic heterocycles. The Morgan fingerprint density at radius 1 is 1.20 bits per heavy atom. The second-order valence-corrected chi connectivity index (χ2v) is 5.99. The Bertz CT molecular complexity index is 545. The fourth-order valence-corrected chi connectivity index (χ4v) is 3.58. The lowest BCUT2D eigenvalue weighted by molar-refractivity contribution is 0.476. The van der Waals surface area contributed by atoms with Crippen molar-refractivity contribution in [3.8, 4) is 0 Å². The largest absolute Gasteiger partial charge is 0.0805 e. The molecule has 0 N–H and O–H groups in total. The Balaban J connectivity index is 1.81. The van der Waals surface area contributed by atoms with Crippen molar-refractivity contribution in [1.29, 1.82) is 0 Å². The zero-order valence-electron chi connectivity index (χ0n) is 12.4. The van der Waals surface area contributed by atoms with Gasteiger partial charge in [-0.05, 0) is 29.9 Å². The summed E-state index contributed by atoms with van der Waals surface area (Å²) >= 11 is 0. The zero-order chi connectivity index (χ0) is 13.8. The molecule has 0 aromatic heterocycles. The number of unbranched alkanes of at least 4 members (excludes halogenated alkanes) is 2. The number of hydrogen-bond acceptors (Lipinski definition) is 0. The Kier molecular flexibility index (Phi) is 4.20. The summed E-state index contributed by atoms with van der Waals surface area (Å²) in [6.07, 6.45) is 18.1. The SMILES string of the molecule is CCCCCC(C1=CC=CC1)C1C=Cc2ccccc21. The van der Waals surface area contributed by atoms with E-state index >= 15 is 0 Å². The average molecular weight is 264 g/mol. The van der Waals surface area contributed by atoms with E-state index in [9.17, 15) is 0 Å². The molecule has 2 atom stereocenters. The maximum Gasteiger partial charge on any atom is 0.00929 e. The van der Waals surface area contributed by atoms with Crippen LogP contribution in [0, 0.1) is 5.92 Å². The highest BCUT2D eigenvalue weighted by Crippen LogP contribution is 2.42. The van der Waals surface area contributed by atoms with Crippen molar-refractivity contribution < 1.29 is 0 Å². The van der Waals surface area contributed by atoms with E-state index in [1.165, 1.54) is 36.8 Å². The minimum absolute atomic E-state index is 0.592. The van der Waals surface area contributed by atoms with Crippen LogP contribution in [0.2, 0.25) is 0 Å². The number of fused-ring (bicyclic) bond motifs is 1. The van der Waals surface area contributed by atoms with Gasteiger partial charge < -0.3 is 0 Å². The quantitative estimate of drug-likeness (QED) is 0.563. The van der Waals surface area contributed by atoms with Gasteiger partial charge in [-0.3, -0.25) is 0 Å². The summed E-state index contributed by atoms with van der Waals surface area (Å²) in [6.45, 7) is 2.29. The molecule has 0 saturated carbocycles. The zero-order valence-corrected chi connectivity index (χ0v) is 12.4. The normalized spacial score (nSPS) is 21.1. The van der Waals surface area contributed by atoms with Crippen LogP contribution in [0.3, 0.4) is 0 Å². The van der Waals surface area contributed by atoms with Crippen molar-refractivity contribution in [2.24, 2.45) is 5.92 Å². The van der Waals surface area contributed by atoms with Gasteiger partial charge in [0.1, 0.15) is 0 Å². The minimum Gasteiger partial charge on any atom is -0.0805 e. The van der Waals surface area contributed by atoms with Crippen molar-refractivity contribution in [2.75, 3.05) is 0 Å². The van der Waals surface area contributed by atoms with Gasteiger partial charge in [0, 0.05) is 5.92 Å². The predicted molar refractivity (Wildman–Crippen MR) is 87.7 cm³/mol. The van der Waals surface area contributed by atoms with Crippen molar-refractivity contribution in [1.82, 2.24) is 0 Å². The molecule has 20 heavy (non-hydrogen) atoms. The summed E-state index contributed by atoms with van der Waals surface area (Å²) in [5.74, 6) is 1.28. The highest BCUT2D eigenvalue weighted by Gasteiger charge is 2.28. The molecule has 3 rings (SSSR count). The summed E-state index contributed by atoms with van der Waals surface area (Å²) in [7, 11) is 0. The first kappa shape index (κ1) is 13.4. The molecule has 0 saturated heterocycles. The van der Waals surface area contributed by atoms with Crippen LogP contribution in [0.5, 0.6) is 0 Å². The van der Waals surface area contributed by atoms with Gasteiger partial charge in [-0.2, -0.15) is 0 Å². The molecule has 0 bridgehead atoms. The lowest BCUT2D eigenvalue weighted by Crippen LogP contribution is -2.12. The Hall–Kier alpha value is -1.56. The molecule has 0 fully saturated rings. The van der Waals surface area contributed by atoms with Gasteiger partial charge in [0.05, 0.1) is 0 Å². The lowest BCUT2D eigenvalue weighted by Gasteiger charge is -2.25. The van der Waals surface area contributed by atoms with Crippen LogP contribution in [-0.4, -0.2) is 0 Å². The van der Waals surface area contributed by atoms with Gasteiger partial charge >= 0.3 is 0 Å². The van der Waals surface area contributed by atoms with E-state index in [0.717, 1.165) is 6.42 Å². The van der Waals surface area contributed by atoms with E-state index in [-0.39, 0.29) is 0 Å². The van der Waals surface area contributed by atoms with Crippen LogP contribution in [-0.2, 0) is 0 Å². The summed E-state index contributed by atoms with van der Waals surface area (Å²) in [5.41, 5.74) is 4.58. The summed E-state index contributed by atoms with van der Waals surface area (Å²) < 4.78 is 0. The van der Waals surface area contributed by atoms with E-state index in [0.29, 0.717) is 11.8 Å². The van der Waals surface area contributed by atoms with Crippen molar-refractivity contribution in [3.63, 3.8) is 0 Å². The van der Waals surface area contributed by atoms with Gasteiger partial charge in [0.15, 0.2) is 0 Å². The van der Waals surface area contributed by atoms with Crippen molar-refractivity contribution >= 4 is 6.08 Å². The monoisotopic (exact) mass is 264 g/mol. The van der Waals surface area contributed by atoms with Crippen LogP contribution >= 0.6 is 0 Å². The van der Waals surface area contributed by atoms with E-state index < -0.39 is 0 Å². The molecule has 104 valence electrons. The Morgan fingerprint density at radius 2 is 2.10 bits per heavy atom. The van der Waals surface area contributed by atoms with Crippen LogP contribution in [0.4, 0.5) is 0 Å². The molecule has 0 spiro atoms. The average Bonchev–Trinajstić information content (AvgIpc) is 3.14.